The summed E-state index contributed by atoms with van der Waals surface area (Å²) in [5.74, 6) is 0.789. The van der Waals surface area contributed by atoms with Crippen molar-refractivity contribution in [3.63, 3.8) is 0 Å². The predicted molar refractivity (Wildman–Crippen MR) is 64.0 cm³/mol. The Balaban J connectivity index is 1.73. The molecule has 2 heterocycles. The van der Waals surface area contributed by atoms with Crippen molar-refractivity contribution in [2.45, 2.75) is 6.10 Å². The van der Waals surface area contributed by atoms with Crippen LogP contribution in [-0.2, 0) is 9.47 Å². The van der Waals surface area contributed by atoms with E-state index in [0.717, 1.165) is 24.5 Å². The molecule has 0 bridgehead atoms. The van der Waals surface area contributed by atoms with Gasteiger partial charge in [0.25, 0.3) is 0 Å². The first-order valence-corrected chi connectivity index (χ1v) is 5.43. The molecule has 86 valence electrons. The van der Waals surface area contributed by atoms with Gasteiger partial charge in [0.2, 0.25) is 5.95 Å². The second-order valence-corrected chi connectivity index (χ2v) is 3.95. The Kier molecular flexibility index (Phi) is 3.74. The molecule has 0 radical (unpaired) electrons. The summed E-state index contributed by atoms with van der Waals surface area (Å²) in [6.45, 7) is 3.04. The second-order valence-electron chi connectivity index (χ2n) is 3.95. The third-order valence-corrected chi connectivity index (χ3v) is 2.54. The number of nitrogens with zero attached hydrogens (tertiary/aromatic N) is 3. The predicted octanol–water partition coefficient (Wildman–Crippen LogP) is -1.41. The molecular weight excluding hydrogens is 205 g/mol. The first-order valence-electron chi connectivity index (χ1n) is 5.43. The van der Waals surface area contributed by atoms with E-state index in [1.165, 1.54) is 0 Å². The molecular formula is C10H16BN3O2. The van der Waals surface area contributed by atoms with Gasteiger partial charge < -0.3 is 14.4 Å². The van der Waals surface area contributed by atoms with E-state index in [4.69, 9.17) is 9.47 Å². The number of rotatable bonds is 5. The average molecular weight is 221 g/mol. The van der Waals surface area contributed by atoms with Crippen molar-refractivity contribution in [2.24, 2.45) is 0 Å². The highest BCUT2D eigenvalue weighted by molar-refractivity contribution is 6.31. The van der Waals surface area contributed by atoms with Crippen LogP contribution in [-0.4, -0.2) is 57.3 Å². The fourth-order valence-corrected chi connectivity index (χ4v) is 1.55. The van der Waals surface area contributed by atoms with Crippen molar-refractivity contribution in [1.82, 2.24) is 9.97 Å². The van der Waals surface area contributed by atoms with Gasteiger partial charge in [-0.1, -0.05) is 5.46 Å². The summed E-state index contributed by atoms with van der Waals surface area (Å²) in [4.78, 5) is 10.6. The third-order valence-electron chi connectivity index (χ3n) is 2.54. The van der Waals surface area contributed by atoms with Gasteiger partial charge in [-0.2, -0.15) is 0 Å². The smallest absolute Gasteiger partial charge is 0.225 e. The lowest BCUT2D eigenvalue weighted by Gasteiger charge is -2.38. The minimum Gasteiger partial charge on any atom is -0.382 e. The molecule has 0 unspecified atom stereocenters. The van der Waals surface area contributed by atoms with Crippen LogP contribution in [0.1, 0.15) is 0 Å². The van der Waals surface area contributed by atoms with E-state index in [0.29, 0.717) is 19.3 Å². The Morgan fingerprint density at radius 2 is 2.06 bits per heavy atom. The van der Waals surface area contributed by atoms with Crippen LogP contribution in [0.4, 0.5) is 5.95 Å². The molecule has 1 aliphatic rings. The van der Waals surface area contributed by atoms with E-state index >= 15 is 0 Å². The molecule has 0 N–H and O–H groups in total. The summed E-state index contributed by atoms with van der Waals surface area (Å²) >= 11 is 0. The van der Waals surface area contributed by atoms with E-state index in [9.17, 15) is 0 Å². The average Bonchev–Trinajstić information content (AvgIpc) is 2.23. The van der Waals surface area contributed by atoms with E-state index in [1.807, 2.05) is 20.2 Å². The first-order chi connectivity index (χ1) is 7.79. The number of hydrogen-bond acceptors (Lipinski definition) is 5. The van der Waals surface area contributed by atoms with Crippen molar-refractivity contribution in [2.75, 3.05) is 38.3 Å². The molecule has 1 aromatic heterocycles. The number of hydrogen-bond donors (Lipinski definition) is 0. The molecule has 0 aromatic carbocycles. The molecule has 0 amide bonds. The highest BCUT2D eigenvalue weighted by Gasteiger charge is 2.28. The van der Waals surface area contributed by atoms with Crippen molar-refractivity contribution in [1.29, 1.82) is 0 Å². The lowest BCUT2D eigenvalue weighted by atomic mass is 10.0. The molecule has 1 aliphatic heterocycles. The normalized spacial score (nSPS) is 16.2. The largest absolute Gasteiger partial charge is 0.382 e. The fourth-order valence-electron chi connectivity index (χ4n) is 1.55. The molecule has 0 atom stereocenters. The Morgan fingerprint density at radius 1 is 1.38 bits per heavy atom. The van der Waals surface area contributed by atoms with E-state index in [-0.39, 0.29) is 0 Å². The minimum atomic E-state index is 0.292. The van der Waals surface area contributed by atoms with Gasteiger partial charge in [0, 0.05) is 32.6 Å². The maximum absolute atomic E-state index is 5.57. The summed E-state index contributed by atoms with van der Waals surface area (Å²) in [5, 5.41) is 0. The molecule has 1 saturated heterocycles. The third kappa shape index (κ3) is 2.71. The van der Waals surface area contributed by atoms with Crippen LogP contribution in [0.5, 0.6) is 0 Å². The zero-order valence-electron chi connectivity index (χ0n) is 9.72. The molecule has 1 aromatic rings. The Morgan fingerprint density at radius 3 is 2.69 bits per heavy atom. The maximum Gasteiger partial charge on any atom is 0.225 e. The number of ether oxygens (including phenoxy) is 2. The quantitative estimate of drug-likeness (QED) is 0.451. The van der Waals surface area contributed by atoms with Gasteiger partial charge in [0.05, 0.1) is 19.3 Å². The molecule has 1 fully saturated rings. The van der Waals surface area contributed by atoms with Gasteiger partial charge in [-0.25, -0.2) is 9.97 Å². The van der Waals surface area contributed by atoms with Gasteiger partial charge in [0.15, 0.2) is 0 Å². The summed E-state index contributed by atoms with van der Waals surface area (Å²) in [5.41, 5.74) is 1.08. The van der Waals surface area contributed by atoms with Crippen LogP contribution in [0.3, 0.4) is 0 Å². The molecule has 0 spiro atoms. The van der Waals surface area contributed by atoms with Crippen LogP contribution in [0.25, 0.3) is 0 Å². The molecule has 2 rings (SSSR count). The minimum absolute atomic E-state index is 0.292. The van der Waals surface area contributed by atoms with Crippen LogP contribution in [0, 0.1) is 0 Å². The molecule has 5 nitrogen and oxygen atoms in total. The van der Waals surface area contributed by atoms with E-state index in [2.05, 4.69) is 14.9 Å². The van der Waals surface area contributed by atoms with Gasteiger partial charge in [-0.05, 0) is 0 Å². The first kappa shape index (κ1) is 11.4. The van der Waals surface area contributed by atoms with Gasteiger partial charge in [-0.15, -0.1) is 0 Å². The van der Waals surface area contributed by atoms with E-state index in [1.54, 1.807) is 7.11 Å². The summed E-state index contributed by atoms with van der Waals surface area (Å²) < 4.78 is 10.5. The van der Waals surface area contributed by atoms with Crippen molar-refractivity contribution >= 4 is 19.3 Å². The van der Waals surface area contributed by atoms with Gasteiger partial charge in [0.1, 0.15) is 7.85 Å². The number of methoxy groups -OCH3 is 1. The van der Waals surface area contributed by atoms with Crippen molar-refractivity contribution in [3.05, 3.63) is 12.4 Å². The maximum atomic E-state index is 5.57. The lowest BCUT2D eigenvalue weighted by molar-refractivity contribution is 0.00350. The zero-order valence-corrected chi connectivity index (χ0v) is 9.72. The van der Waals surface area contributed by atoms with Crippen molar-refractivity contribution < 1.29 is 9.47 Å². The fraction of sp³-hybridized carbons (Fsp3) is 0.600. The summed E-state index contributed by atoms with van der Waals surface area (Å²) in [6, 6.07) is 0. The molecule has 16 heavy (non-hydrogen) atoms. The highest BCUT2D eigenvalue weighted by Crippen LogP contribution is 2.16. The number of anilines is 1. The monoisotopic (exact) mass is 221 g/mol. The Bertz CT molecular complexity index is 327. The van der Waals surface area contributed by atoms with Crippen LogP contribution < -0.4 is 10.4 Å². The van der Waals surface area contributed by atoms with Crippen LogP contribution in [0.15, 0.2) is 12.4 Å². The zero-order chi connectivity index (χ0) is 11.4. The van der Waals surface area contributed by atoms with Gasteiger partial charge in [-0.3, -0.25) is 0 Å². The second kappa shape index (κ2) is 5.27. The topological polar surface area (TPSA) is 47.5 Å². The number of aromatic nitrogens is 2. The summed E-state index contributed by atoms with van der Waals surface area (Å²) in [7, 11) is 3.66. The SMILES string of the molecule is Bc1cnc(N2CC(OCCOC)C2)nc1. The molecule has 0 saturated carbocycles. The Labute approximate surface area is 96.2 Å². The highest BCUT2D eigenvalue weighted by atomic mass is 16.5. The standard InChI is InChI=1S/C10H16BN3O2/c1-15-2-3-16-9-6-14(7-9)10-12-4-8(11)5-13-10/h4-5,9H,2-3,6-7,11H2,1H3. The molecule has 6 heteroatoms. The van der Waals surface area contributed by atoms with Crippen molar-refractivity contribution in [3.8, 4) is 0 Å². The van der Waals surface area contributed by atoms with Gasteiger partial charge >= 0.3 is 0 Å². The lowest BCUT2D eigenvalue weighted by Crippen LogP contribution is -2.53. The summed E-state index contributed by atoms with van der Waals surface area (Å²) in [6.07, 6.45) is 3.96. The van der Waals surface area contributed by atoms with Crippen LogP contribution >= 0.6 is 0 Å². The van der Waals surface area contributed by atoms with Crippen LogP contribution in [0.2, 0.25) is 0 Å². The molecule has 0 aliphatic carbocycles. The Hall–Kier alpha value is -1.14. The van der Waals surface area contributed by atoms with E-state index < -0.39 is 0 Å².